The molecule has 4 nitrogen and oxygen atoms in total. The van der Waals surface area contributed by atoms with Gasteiger partial charge in [-0.15, -0.1) is 0 Å². The summed E-state index contributed by atoms with van der Waals surface area (Å²) in [6.45, 7) is 8.92. The van der Waals surface area contributed by atoms with Crippen LogP contribution in [0.25, 0.3) is 0 Å². The molecular formula is C26H29NO3. The Labute approximate surface area is 178 Å². The predicted molar refractivity (Wildman–Crippen MR) is 121 cm³/mol. The van der Waals surface area contributed by atoms with Crippen molar-refractivity contribution in [3.05, 3.63) is 89.5 Å². The smallest absolute Gasteiger partial charge is 0.262 e. The number of rotatable bonds is 7. The Hall–Kier alpha value is -3.27. The highest BCUT2D eigenvalue weighted by Gasteiger charge is 2.19. The van der Waals surface area contributed by atoms with E-state index < -0.39 is 0 Å². The first kappa shape index (κ1) is 21.4. The van der Waals surface area contributed by atoms with E-state index in [4.69, 9.17) is 9.47 Å². The lowest BCUT2D eigenvalue weighted by molar-refractivity contribution is -0.118. The maximum atomic E-state index is 12.3. The monoisotopic (exact) mass is 403 g/mol. The molecule has 0 fully saturated rings. The second kappa shape index (κ2) is 9.49. The van der Waals surface area contributed by atoms with Crippen molar-refractivity contribution >= 4 is 11.6 Å². The van der Waals surface area contributed by atoms with Crippen LogP contribution in [0.1, 0.15) is 37.5 Å². The van der Waals surface area contributed by atoms with Crippen LogP contribution >= 0.6 is 0 Å². The van der Waals surface area contributed by atoms with E-state index in [0.717, 1.165) is 22.6 Å². The number of aryl methyl sites for hydroxylation is 1. The van der Waals surface area contributed by atoms with Gasteiger partial charge in [0, 0.05) is 5.69 Å². The summed E-state index contributed by atoms with van der Waals surface area (Å²) in [4.78, 5) is 12.3. The Morgan fingerprint density at radius 2 is 1.60 bits per heavy atom. The van der Waals surface area contributed by atoms with Crippen molar-refractivity contribution in [3.63, 3.8) is 0 Å². The standard InChI is InChI=1S/C26H29NO3/c1-19-10-15-24(23(16-19)26(2,3)4)30-18-25(28)27-21-11-13-22(14-12-21)29-17-20-8-6-5-7-9-20/h5-16H,17-18H2,1-4H3,(H,27,28). The van der Waals surface area contributed by atoms with Crippen LogP contribution in [0.5, 0.6) is 11.5 Å². The van der Waals surface area contributed by atoms with Gasteiger partial charge in [-0.3, -0.25) is 4.79 Å². The number of amides is 1. The SMILES string of the molecule is Cc1ccc(OCC(=O)Nc2ccc(OCc3ccccc3)cc2)c(C(C)(C)C)c1. The van der Waals surface area contributed by atoms with Crippen molar-refractivity contribution in [2.24, 2.45) is 0 Å². The molecule has 0 radical (unpaired) electrons. The highest BCUT2D eigenvalue weighted by molar-refractivity contribution is 5.91. The van der Waals surface area contributed by atoms with Gasteiger partial charge >= 0.3 is 0 Å². The predicted octanol–water partition coefficient (Wildman–Crippen LogP) is 5.89. The van der Waals surface area contributed by atoms with Crippen molar-refractivity contribution in [2.45, 2.75) is 39.7 Å². The largest absolute Gasteiger partial charge is 0.489 e. The van der Waals surface area contributed by atoms with Crippen molar-refractivity contribution in [2.75, 3.05) is 11.9 Å². The fourth-order valence-corrected chi connectivity index (χ4v) is 3.07. The van der Waals surface area contributed by atoms with Gasteiger partial charge in [0.15, 0.2) is 6.61 Å². The number of carbonyl (C=O) groups is 1. The molecule has 1 N–H and O–H groups in total. The quantitative estimate of drug-likeness (QED) is 0.535. The summed E-state index contributed by atoms with van der Waals surface area (Å²) in [6, 6.07) is 23.4. The Bertz CT molecular complexity index is 973. The second-order valence-electron chi connectivity index (χ2n) is 8.39. The number of nitrogens with one attached hydrogen (secondary N) is 1. The van der Waals surface area contributed by atoms with Crippen LogP contribution < -0.4 is 14.8 Å². The summed E-state index contributed by atoms with van der Waals surface area (Å²) >= 11 is 0. The molecule has 0 aliphatic heterocycles. The fourth-order valence-electron chi connectivity index (χ4n) is 3.07. The molecule has 3 aromatic rings. The Morgan fingerprint density at radius 1 is 0.900 bits per heavy atom. The van der Waals surface area contributed by atoms with Gasteiger partial charge in [-0.1, -0.05) is 68.8 Å². The first-order valence-electron chi connectivity index (χ1n) is 10.1. The average molecular weight is 404 g/mol. The normalized spacial score (nSPS) is 11.1. The first-order valence-corrected chi connectivity index (χ1v) is 10.1. The van der Waals surface area contributed by atoms with Crippen molar-refractivity contribution in [1.82, 2.24) is 0 Å². The van der Waals surface area contributed by atoms with E-state index >= 15 is 0 Å². The Morgan fingerprint density at radius 3 is 2.27 bits per heavy atom. The minimum Gasteiger partial charge on any atom is -0.489 e. The number of hydrogen-bond acceptors (Lipinski definition) is 3. The average Bonchev–Trinajstić information content (AvgIpc) is 2.72. The van der Waals surface area contributed by atoms with E-state index in [0.29, 0.717) is 12.3 Å². The third kappa shape index (κ3) is 6.11. The first-order chi connectivity index (χ1) is 14.3. The molecule has 0 heterocycles. The molecule has 0 saturated carbocycles. The van der Waals surface area contributed by atoms with E-state index in [1.807, 2.05) is 66.7 Å². The molecule has 0 saturated heterocycles. The molecule has 156 valence electrons. The van der Waals surface area contributed by atoms with Gasteiger partial charge in [0.05, 0.1) is 0 Å². The van der Waals surface area contributed by atoms with E-state index in [-0.39, 0.29) is 17.9 Å². The Balaban J connectivity index is 1.53. The molecule has 0 unspecified atom stereocenters. The molecule has 3 aromatic carbocycles. The maximum absolute atomic E-state index is 12.3. The van der Waals surface area contributed by atoms with Crippen LogP contribution in [-0.2, 0) is 16.8 Å². The van der Waals surface area contributed by atoms with Crippen molar-refractivity contribution in [1.29, 1.82) is 0 Å². The molecule has 30 heavy (non-hydrogen) atoms. The molecule has 0 spiro atoms. The maximum Gasteiger partial charge on any atom is 0.262 e. The molecule has 3 rings (SSSR count). The molecule has 0 bridgehead atoms. The highest BCUT2D eigenvalue weighted by atomic mass is 16.5. The lowest BCUT2D eigenvalue weighted by Crippen LogP contribution is -2.22. The lowest BCUT2D eigenvalue weighted by atomic mass is 9.85. The highest BCUT2D eigenvalue weighted by Crippen LogP contribution is 2.32. The molecule has 0 aliphatic carbocycles. The van der Waals surface area contributed by atoms with Gasteiger partial charge in [0.25, 0.3) is 5.91 Å². The lowest BCUT2D eigenvalue weighted by Gasteiger charge is -2.23. The molecule has 4 heteroatoms. The number of anilines is 1. The van der Waals surface area contributed by atoms with E-state index in [2.05, 4.69) is 39.1 Å². The van der Waals surface area contributed by atoms with Gasteiger partial charge in [-0.2, -0.15) is 0 Å². The third-order valence-corrected chi connectivity index (χ3v) is 4.69. The summed E-state index contributed by atoms with van der Waals surface area (Å²) < 4.78 is 11.6. The summed E-state index contributed by atoms with van der Waals surface area (Å²) in [5.41, 5.74) is 4.02. The van der Waals surface area contributed by atoms with Gasteiger partial charge in [-0.25, -0.2) is 0 Å². The van der Waals surface area contributed by atoms with E-state index in [9.17, 15) is 4.79 Å². The number of benzene rings is 3. The molecule has 0 aliphatic rings. The van der Waals surface area contributed by atoms with Crippen LogP contribution in [0.15, 0.2) is 72.8 Å². The summed E-state index contributed by atoms with van der Waals surface area (Å²) in [5, 5.41) is 2.86. The minimum atomic E-state index is -0.201. The van der Waals surface area contributed by atoms with Crippen molar-refractivity contribution in [3.8, 4) is 11.5 Å². The van der Waals surface area contributed by atoms with Crippen molar-refractivity contribution < 1.29 is 14.3 Å². The zero-order valence-electron chi connectivity index (χ0n) is 18.1. The summed E-state index contributed by atoms with van der Waals surface area (Å²) in [5.74, 6) is 1.30. The number of hydrogen-bond donors (Lipinski definition) is 1. The van der Waals surface area contributed by atoms with E-state index in [1.165, 1.54) is 5.56 Å². The Kier molecular flexibility index (Phi) is 6.78. The van der Waals surface area contributed by atoms with Gasteiger partial charge in [0.1, 0.15) is 18.1 Å². The fraction of sp³-hybridized carbons (Fsp3) is 0.269. The van der Waals surface area contributed by atoms with Crippen LogP contribution in [0.4, 0.5) is 5.69 Å². The third-order valence-electron chi connectivity index (χ3n) is 4.69. The molecule has 0 atom stereocenters. The zero-order chi connectivity index (χ0) is 21.6. The van der Waals surface area contributed by atoms with Crippen LogP contribution in [0.2, 0.25) is 0 Å². The van der Waals surface area contributed by atoms with E-state index in [1.54, 1.807) is 0 Å². The zero-order valence-corrected chi connectivity index (χ0v) is 18.1. The van der Waals surface area contributed by atoms with Crippen LogP contribution in [-0.4, -0.2) is 12.5 Å². The molecule has 0 aromatic heterocycles. The topological polar surface area (TPSA) is 47.6 Å². The molecular weight excluding hydrogens is 374 g/mol. The number of carbonyl (C=O) groups excluding carboxylic acids is 1. The molecule has 1 amide bonds. The van der Waals surface area contributed by atoms with Gasteiger partial charge < -0.3 is 14.8 Å². The number of ether oxygens (including phenoxy) is 2. The summed E-state index contributed by atoms with van der Waals surface area (Å²) in [7, 11) is 0. The van der Waals surface area contributed by atoms with Gasteiger partial charge in [0.2, 0.25) is 0 Å². The second-order valence-corrected chi connectivity index (χ2v) is 8.39. The minimum absolute atomic E-state index is 0.0433. The summed E-state index contributed by atoms with van der Waals surface area (Å²) in [6.07, 6.45) is 0. The van der Waals surface area contributed by atoms with Gasteiger partial charge in [-0.05, 0) is 53.8 Å². The van der Waals surface area contributed by atoms with Crippen LogP contribution in [0, 0.1) is 6.92 Å². The van der Waals surface area contributed by atoms with Crippen LogP contribution in [0.3, 0.4) is 0 Å².